The van der Waals surface area contributed by atoms with Crippen LogP contribution >= 0.6 is 0 Å². The van der Waals surface area contributed by atoms with Gasteiger partial charge in [-0.25, -0.2) is 0 Å². The number of anilines is 1. The van der Waals surface area contributed by atoms with Gasteiger partial charge in [0.05, 0.1) is 0 Å². The van der Waals surface area contributed by atoms with Gasteiger partial charge in [-0.1, -0.05) is 55.5 Å². The van der Waals surface area contributed by atoms with Crippen molar-refractivity contribution < 1.29 is 4.79 Å². The van der Waals surface area contributed by atoms with E-state index in [0.29, 0.717) is 6.42 Å². The van der Waals surface area contributed by atoms with E-state index in [2.05, 4.69) is 5.32 Å². The normalized spacial score (nSPS) is 11.8. The molecule has 18 heavy (non-hydrogen) atoms. The number of hydrogen-bond donors (Lipinski definition) is 1. The van der Waals surface area contributed by atoms with Crippen molar-refractivity contribution in [1.29, 1.82) is 0 Å². The smallest absolute Gasteiger partial charge is 0.159 e. The summed E-state index contributed by atoms with van der Waals surface area (Å²) in [6, 6.07) is 19.4. The Balaban J connectivity index is 2.24. The third kappa shape index (κ3) is 2.98. The van der Waals surface area contributed by atoms with Gasteiger partial charge in [-0.15, -0.1) is 0 Å². The number of ketones is 1. The molecule has 2 rings (SSSR count). The lowest BCUT2D eigenvalue weighted by Crippen LogP contribution is -2.20. The fourth-order valence-electron chi connectivity index (χ4n) is 1.90. The highest BCUT2D eigenvalue weighted by atomic mass is 16.1. The van der Waals surface area contributed by atoms with Gasteiger partial charge in [0.2, 0.25) is 0 Å². The van der Waals surface area contributed by atoms with Crippen LogP contribution in [0.1, 0.15) is 24.9 Å². The molecule has 0 aromatic heterocycles. The Morgan fingerprint density at radius 2 is 1.56 bits per heavy atom. The van der Waals surface area contributed by atoms with Gasteiger partial charge in [0, 0.05) is 12.1 Å². The molecule has 0 aliphatic rings. The summed E-state index contributed by atoms with van der Waals surface area (Å²) in [6.07, 6.45) is 0.527. The number of Topliss-reactive ketones (excluding diaryl/α,β-unsaturated/α-hetero) is 1. The van der Waals surface area contributed by atoms with Gasteiger partial charge in [0.1, 0.15) is 6.04 Å². The number of carbonyl (C=O) groups excluding carboxylic acids is 1. The van der Waals surface area contributed by atoms with Gasteiger partial charge in [-0.3, -0.25) is 4.79 Å². The molecule has 0 heterocycles. The highest BCUT2D eigenvalue weighted by Gasteiger charge is 2.18. The van der Waals surface area contributed by atoms with Crippen molar-refractivity contribution in [1.82, 2.24) is 0 Å². The van der Waals surface area contributed by atoms with E-state index >= 15 is 0 Å². The molecule has 0 saturated carbocycles. The molecule has 1 unspecified atom stereocenters. The van der Waals surface area contributed by atoms with Crippen LogP contribution in [0.3, 0.4) is 0 Å². The molecule has 2 aromatic rings. The zero-order valence-corrected chi connectivity index (χ0v) is 10.5. The molecule has 2 nitrogen and oxygen atoms in total. The molecule has 2 heteroatoms. The Hall–Kier alpha value is -2.09. The summed E-state index contributed by atoms with van der Waals surface area (Å²) in [5.74, 6) is 0.199. The topological polar surface area (TPSA) is 29.1 Å². The van der Waals surface area contributed by atoms with Crippen LogP contribution in [0, 0.1) is 0 Å². The summed E-state index contributed by atoms with van der Waals surface area (Å²) in [5, 5.41) is 3.30. The first kappa shape index (κ1) is 12.4. The van der Waals surface area contributed by atoms with E-state index in [-0.39, 0.29) is 11.8 Å². The first-order valence-corrected chi connectivity index (χ1v) is 6.20. The first-order valence-electron chi connectivity index (χ1n) is 6.20. The number of rotatable bonds is 5. The number of para-hydroxylation sites is 1. The van der Waals surface area contributed by atoms with Crippen LogP contribution in [0.4, 0.5) is 5.69 Å². The molecule has 0 saturated heterocycles. The highest BCUT2D eigenvalue weighted by molar-refractivity contribution is 5.87. The summed E-state index contributed by atoms with van der Waals surface area (Å²) < 4.78 is 0. The van der Waals surface area contributed by atoms with Crippen molar-refractivity contribution in [3.8, 4) is 0 Å². The van der Waals surface area contributed by atoms with Crippen LogP contribution in [-0.2, 0) is 4.79 Å². The second kappa shape index (κ2) is 6.01. The summed E-state index contributed by atoms with van der Waals surface area (Å²) in [5.41, 5.74) is 1.97. The number of carbonyl (C=O) groups is 1. The van der Waals surface area contributed by atoms with Crippen molar-refractivity contribution in [3.05, 3.63) is 66.2 Å². The summed E-state index contributed by atoms with van der Waals surface area (Å²) in [6.45, 7) is 1.89. The summed E-state index contributed by atoms with van der Waals surface area (Å²) in [7, 11) is 0. The maximum atomic E-state index is 12.1. The lowest BCUT2D eigenvalue weighted by molar-refractivity contribution is -0.119. The summed E-state index contributed by atoms with van der Waals surface area (Å²) >= 11 is 0. The van der Waals surface area contributed by atoms with Crippen molar-refractivity contribution in [2.24, 2.45) is 0 Å². The van der Waals surface area contributed by atoms with Gasteiger partial charge < -0.3 is 5.32 Å². The molecule has 0 bridgehead atoms. The molecule has 0 aliphatic carbocycles. The van der Waals surface area contributed by atoms with Crippen molar-refractivity contribution >= 4 is 11.5 Å². The second-order valence-corrected chi connectivity index (χ2v) is 4.17. The second-order valence-electron chi connectivity index (χ2n) is 4.17. The zero-order chi connectivity index (χ0) is 12.8. The highest BCUT2D eigenvalue weighted by Crippen LogP contribution is 2.21. The van der Waals surface area contributed by atoms with E-state index in [1.54, 1.807) is 0 Å². The first-order chi connectivity index (χ1) is 8.81. The maximum Gasteiger partial charge on any atom is 0.159 e. The molecular formula is C16H17NO. The maximum absolute atomic E-state index is 12.1. The molecule has 0 aliphatic heterocycles. The molecule has 0 spiro atoms. The molecule has 1 N–H and O–H groups in total. The predicted molar refractivity (Wildman–Crippen MR) is 74.5 cm³/mol. The van der Waals surface area contributed by atoms with E-state index < -0.39 is 0 Å². The van der Waals surface area contributed by atoms with Crippen LogP contribution in [-0.4, -0.2) is 5.78 Å². The third-order valence-corrected chi connectivity index (χ3v) is 2.89. The monoisotopic (exact) mass is 239 g/mol. The number of hydrogen-bond acceptors (Lipinski definition) is 2. The summed E-state index contributed by atoms with van der Waals surface area (Å²) in [4.78, 5) is 12.1. The van der Waals surface area contributed by atoms with Crippen LogP contribution in [0.2, 0.25) is 0 Å². The fourth-order valence-corrected chi connectivity index (χ4v) is 1.90. The molecule has 0 radical (unpaired) electrons. The van der Waals surface area contributed by atoms with Crippen molar-refractivity contribution in [3.63, 3.8) is 0 Å². The lowest BCUT2D eigenvalue weighted by atomic mass is 10.0. The minimum absolute atomic E-state index is 0.199. The van der Waals surface area contributed by atoms with Gasteiger partial charge in [0.15, 0.2) is 5.78 Å². The predicted octanol–water partition coefficient (Wildman–Crippen LogP) is 3.82. The number of nitrogens with one attached hydrogen (secondary N) is 1. The largest absolute Gasteiger partial charge is 0.372 e. The van der Waals surface area contributed by atoms with Gasteiger partial charge >= 0.3 is 0 Å². The quantitative estimate of drug-likeness (QED) is 0.859. The Bertz CT molecular complexity index is 493. The van der Waals surface area contributed by atoms with E-state index in [1.165, 1.54) is 0 Å². The van der Waals surface area contributed by atoms with Gasteiger partial charge in [0.25, 0.3) is 0 Å². The fraction of sp³-hybridized carbons (Fsp3) is 0.188. The van der Waals surface area contributed by atoms with Crippen LogP contribution < -0.4 is 5.32 Å². The zero-order valence-electron chi connectivity index (χ0n) is 10.5. The molecular weight excluding hydrogens is 222 g/mol. The average molecular weight is 239 g/mol. The Morgan fingerprint density at radius 3 is 2.11 bits per heavy atom. The van der Waals surface area contributed by atoms with E-state index in [4.69, 9.17) is 0 Å². The van der Waals surface area contributed by atoms with E-state index in [1.807, 2.05) is 67.6 Å². The van der Waals surface area contributed by atoms with Crippen molar-refractivity contribution in [2.75, 3.05) is 5.32 Å². The Kier molecular flexibility index (Phi) is 4.13. The van der Waals surface area contributed by atoms with Gasteiger partial charge in [-0.05, 0) is 17.7 Å². The molecule has 0 fully saturated rings. The SMILES string of the molecule is CCC(=O)C(Nc1ccccc1)c1ccccc1. The Labute approximate surface area is 108 Å². The Morgan fingerprint density at radius 1 is 1.00 bits per heavy atom. The standard InChI is InChI=1S/C16H17NO/c1-2-15(18)16(13-9-5-3-6-10-13)17-14-11-7-4-8-12-14/h3-12,16-17H,2H2,1H3. The molecule has 2 aromatic carbocycles. The molecule has 92 valence electrons. The molecule has 0 amide bonds. The number of benzene rings is 2. The van der Waals surface area contributed by atoms with Gasteiger partial charge in [-0.2, -0.15) is 0 Å². The van der Waals surface area contributed by atoms with Crippen LogP contribution in [0.5, 0.6) is 0 Å². The minimum Gasteiger partial charge on any atom is -0.372 e. The van der Waals surface area contributed by atoms with Crippen molar-refractivity contribution in [2.45, 2.75) is 19.4 Å². The van der Waals surface area contributed by atoms with E-state index in [9.17, 15) is 4.79 Å². The van der Waals surface area contributed by atoms with Crippen LogP contribution in [0.15, 0.2) is 60.7 Å². The third-order valence-electron chi connectivity index (χ3n) is 2.89. The van der Waals surface area contributed by atoms with E-state index in [0.717, 1.165) is 11.3 Å². The average Bonchev–Trinajstić information content (AvgIpc) is 2.46. The lowest BCUT2D eigenvalue weighted by Gasteiger charge is -2.18. The molecule has 1 atom stereocenters. The minimum atomic E-state index is -0.265. The van der Waals surface area contributed by atoms with Crippen LogP contribution in [0.25, 0.3) is 0 Å².